The van der Waals surface area contributed by atoms with Crippen LogP contribution in [0.4, 0.5) is 10.5 Å². The van der Waals surface area contributed by atoms with E-state index in [-0.39, 0.29) is 12.2 Å². The zero-order valence-electron chi connectivity index (χ0n) is 16.9. The van der Waals surface area contributed by atoms with Crippen molar-refractivity contribution in [1.29, 1.82) is 0 Å². The molecule has 2 aromatic carbocycles. The first-order valence-electron chi connectivity index (χ1n) is 9.19. The van der Waals surface area contributed by atoms with Crippen molar-refractivity contribution in [3.8, 4) is 11.5 Å². The summed E-state index contributed by atoms with van der Waals surface area (Å²) in [6, 6.07) is 15.6. The summed E-state index contributed by atoms with van der Waals surface area (Å²) in [5.74, 6) is 2.91. The van der Waals surface area contributed by atoms with Gasteiger partial charge in [0.25, 0.3) is 0 Å². The van der Waals surface area contributed by atoms with Crippen LogP contribution in [0.3, 0.4) is 0 Å². The van der Waals surface area contributed by atoms with Gasteiger partial charge in [0.05, 0.1) is 11.4 Å². The van der Waals surface area contributed by atoms with Gasteiger partial charge in [-0.05, 0) is 29.7 Å². The summed E-state index contributed by atoms with van der Waals surface area (Å²) in [5, 5.41) is 3.40. The second-order valence-electron chi connectivity index (χ2n) is 7.63. The van der Waals surface area contributed by atoms with Gasteiger partial charge >= 0.3 is 16.2 Å². The number of aryl methyl sites for hydroxylation is 1. The number of anilines is 1. The zero-order chi connectivity index (χ0) is 21.5. The van der Waals surface area contributed by atoms with E-state index in [0.29, 0.717) is 6.54 Å². The maximum Gasteiger partial charge on any atom is 0.420 e. The molecular weight excluding hydrogens is 404 g/mol. The van der Waals surface area contributed by atoms with Gasteiger partial charge in [0, 0.05) is 12.1 Å². The van der Waals surface area contributed by atoms with Crippen LogP contribution in [0.15, 0.2) is 48.5 Å². The quantitative estimate of drug-likeness (QED) is 0.398. The zero-order valence-corrected chi connectivity index (χ0v) is 18.7. The van der Waals surface area contributed by atoms with Crippen LogP contribution in [0, 0.1) is 11.5 Å². The average molecular weight is 431 g/mol. The third-order valence-electron chi connectivity index (χ3n) is 3.83. The van der Waals surface area contributed by atoms with Crippen LogP contribution in [0.1, 0.15) is 16.7 Å². The lowest BCUT2D eigenvalue weighted by Gasteiger charge is -2.12. The Labute approximate surface area is 173 Å². The highest BCUT2D eigenvalue weighted by Gasteiger charge is 2.15. The highest BCUT2D eigenvalue weighted by atomic mass is 32.2. The van der Waals surface area contributed by atoms with Gasteiger partial charge < -0.3 is 15.2 Å². The summed E-state index contributed by atoms with van der Waals surface area (Å²) < 4.78 is 27.6. The van der Waals surface area contributed by atoms with E-state index in [1.54, 1.807) is 0 Å². The molecule has 8 heteroatoms. The standard InChI is InChI=1S/C21H26N2O4SSi/c1-29(2,3)14-12-19-15-17(11-13-28(25,26)27-21(22)24)9-10-20(19)23-16-18-7-5-4-6-8-18/h4-10,15,23H,11,13,16H2,1-3H3,(H2,22,24). The van der Waals surface area contributed by atoms with Crippen LogP contribution >= 0.6 is 0 Å². The van der Waals surface area contributed by atoms with E-state index in [0.717, 1.165) is 22.4 Å². The van der Waals surface area contributed by atoms with Gasteiger partial charge in [-0.15, -0.1) is 5.54 Å². The van der Waals surface area contributed by atoms with Crippen LogP contribution in [-0.4, -0.2) is 28.3 Å². The number of benzene rings is 2. The maximum absolute atomic E-state index is 11.7. The molecular formula is C21H26N2O4SSi. The molecule has 0 aliphatic heterocycles. The van der Waals surface area contributed by atoms with Gasteiger partial charge in [-0.25, -0.2) is 4.79 Å². The fourth-order valence-electron chi connectivity index (χ4n) is 2.46. The predicted molar refractivity (Wildman–Crippen MR) is 119 cm³/mol. The Morgan fingerprint density at radius 1 is 1.10 bits per heavy atom. The van der Waals surface area contributed by atoms with Crippen molar-refractivity contribution in [3.05, 3.63) is 65.2 Å². The summed E-state index contributed by atoms with van der Waals surface area (Å²) in [7, 11) is -5.59. The molecule has 0 aliphatic rings. The van der Waals surface area contributed by atoms with Gasteiger partial charge in [0.2, 0.25) is 0 Å². The maximum atomic E-state index is 11.7. The molecule has 0 radical (unpaired) electrons. The van der Waals surface area contributed by atoms with E-state index in [1.165, 1.54) is 0 Å². The molecule has 6 nitrogen and oxygen atoms in total. The Morgan fingerprint density at radius 2 is 1.79 bits per heavy atom. The molecule has 0 bridgehead atoms. The first kappa shape index (κ1) is 22.5. The number of hydrogen-bond donors (Lipinski definition) is 2. The van der Waals surface area contributed by atoms with Crippen molar-refractivity contribution in [2.75, 3.05) is 11.1 Å². The third-order valence-corrected chi connectivity index (χ3v) is 5.83. The van der Waals surface area contributed by atoms with Crippen molar-refractivity contribution in [3.63, 3.8) is 0 Å². The molecule has 0 heterocycles. The predicted octanol–water partition coefficient (Wildman–Crippen LogP) is 3.50. The van der Waals surface area contributed by atoms with Crippen molar-refractivity contribution < 1.29 is 17.4 Å². The minimum Gasteiger partial charge on any atom is -0.380 e. The molecule has 1 amide bonds. The van der Waals surface area contributed by atoms with E-state index in [2.05, 4.69) is 40.6 Å². The molecule has 2 aromatic rings. The lowest BCUT2D eigenvalue weighted by atomic mass is 10.1. The van der Waals surface area contributed by atoms with Gasteiger partial charge in [-0.1, -0.05) is 62.0 Å². The third kappa shape index (κ3) is 8.42. The average Bonchev–Trinajstić information content (AvgIpc) is 2.63. The summed E-state index contributed by atoms with van der Waals surface area (Å²) in [6.45, 7) is 7.14. The Kier molecular flexibility index (Phi) is 7.48. The van der Waals surface area contributed by atoms with Gasteiger partial charge in [-0.2, -0.15) is 8.42 Å². The van der Waals surface area contributed by atoms with Crippen molar-refractivity contribution in [1.82, 2.24) is 0 Å². The van der Waals surface area contributed by atoms with E-state index in [9.17, 15) is 13.2 Å². The summed E-state index contributed by atoms with van der Waals surface area (Å²) in [4.78, 5) is 10.7. The van der Waals surface area contributed by atoms with Crippen LogP contribution in [-0.2, 0) is 27.3 Å². The van der Waals surface area contributed by atoms with E-state index in [1.807, 2.05) is 48.5 Å². The minimum atomic E-state index is -4.00. The summed E-state index contributed by atoms with van der Waals surface area (Å²) in [5.41, 5.74) is 11.8. The smallest absolute Gasteiger partial charge is 0.380 e. The largest absolute Gasteiger partial charge is 0.420 e. The van der Waals surface area contributed by atoms with E-state index >= 15 is 0 Å². The second-order valence-corrected chi connectivity index (χ2v) is 14.1. The number of primary amides is 1. The highest BCUT2D eigenvalue weighted by molar-refractivity contribution is 7.87. The fraction of sp³-hybridized carbons (Fsp3) is 0.286. The van der Waals surface area contributed by atoms with Crippen LogP contribution in [0.25, 0.3) is 0 Å². The fourth-order valence-corrected chi connectivity index (χ4v) is 3.79. The molecule has 0 unspecified atom stereocenters. The monoisotopic (exact) mass is 430 g/mol. The lowest BCUT2D eigenvalue weighted by Crippen LogP contribution is -2.21. The topological polar surface area (TPSA) is 98.5 Å². The van der Waals surface area contributed by atoms with Gasteiger partial charge in [0.1, 0.15) is 8.07 Å². The Bertz CT molecular complexity index is 1020. The van der Waals surface area contributed by atoms with Crippen LogP contribution in [0.5, 0.6) is 0 Å². The molecule has 0 aromatic heterocycles. The number of carbonyl (C=O) groups excluding carboxylic acids is 1. The Morgan fingerprint density at radius 3 is 2.41 bits per heavy atom. The van der Waals surface area contributed by atoms with Crippen molar-refractivity contribution in [2.24, 2.45) is 5.73 Å². The van der Waals surface area contributed by atoms with Crippen molar-refractivity contribution in [2.45, 2.75) is 32.6 Å². The van der Waals surface area contributed by atoms with Gasteiger partial charge in [-0.3, -0.25) is 0 Å². The first-order chi connectivity index (χ1) is 13.5. The Balaban J connectivity index is 2.22. The van der Waals surface area contributed by atoms with E-state index < -0.39 is 24.3 Å². The number of nitrogens with one attached hydrogen (secondary N) is 1. The summed E-state index contributed by atoms with van der Waals surface area (Å²) >= 11 is 0. The molecule has 0 fully saturated rings. The molecule has 0 spiro atoms. The van der Waals surface area contributed by atoms with E-state index in [4.69, 9.17) is 5.73 Å². The minimum absolute atomic E-state index is 0.191. The first-order valence-corrected chi connectivity index (χ1v) is 14.3. The summed E-state index contributed by atoms with van der Waals surface area (Å²) in [6.07, 6.45) is -1.14. The number of amides is 1. The van der Waals surface area contributed by atoms with Crippen LogP contribution in [0.2, 0.25) is 19.6 Å². The molecule has 0 saturated carbocycles. The highest BCUT2D eigenvalue weighted by Crippen LogP contribution is 2.19. The molecule has 0 aliphatic carbocycles. The normalized spacial score (nSPS) is 11.3. The lowest BCUT2D eigenvalue weighted by molar-refractivity contribution is 0.213. The number of hydrogen-bond acceptors (Lipinski definition) is 5. The molecule has 29 heavy (non-hydrogen) atoms. The molecule has 3 N–H and O–H groups in total. The van der Waals surface area contributed by atoms with Gasteiger partial charge in [0.15, 0.2) is 0 Å². The molecule has 2 rings (SSSR count). The molecule has 0 saturated heterocycles. The number of nitrogens with two attached hydrogens (primary N) is 1. The van der Waals surface area contributed by atoms with Crippen molar-refractivity contribution >= 4 is 30.0 Å². The molecule has 154 valence electrons. The SMILES string of the molecule is C[Si](C)(C)C#Cc1cc(CCS(=O)(=O)OC(N)=O)ccc1NCc1ccccc1. The number of carbonyl (C=O) groups is 1. The number of rotatable bonds is 7. The second kappa shape index (κ2) is 9.63. The Hall–Kier alpha value is -2.76. The molecule has 0 atom stereocenters. The van der Waals surface area contributed by atoms with Crippen LogP contribution < -0.4 is 11.1 Å².